The van der Waals surface area contributed by atoms with Gasteiger partial charge in [-0.15, -0.1) is 0 Å². The van der Waals surface area contributed by atoms with E-state index in [-0.39, 0.29) is 11.7 Å². The number of nitrogens with zero attached hydrogens (tertiary/aromatic N) is 5. The summed E-state index contributed by atoms with van der Waals surface area (Å²) in [5.74, 6) is 1.64. The summed E-state index contributed by atoms with van der Waals surface area (Å²) in [5.41, 5.74) is 1.80. The average Bonchev–Trinajstić information content (AvgIpc) is 2.64. The van der Waals surface area contributed by atoms with Gasteiger partial charge in [0.2, 0.25) is 0 Å². The van der Waals surface area contributed by atoms with Crippen molar-refractivity contribution in [1.82, 2.24) is 19.7 Å². The van der Waals surface area contributed by atoms with Crippen LogP contribution >= 0.6 is 0 Å². The summed E-state index contributed by atoms with van der Waals surface area (Å²) in [5, 5.41) is 7.46. The molecule has 1 atom stereocenters. The van der Waals surface area contributed by atoms with E-state index in [1.54, 1.807) is 19.3 Å². The lowest BCUT2D eigenvalue weighted by molar-refractivity contribution is 0.0374. The second-order valence-electron chi connectivity index (χ2n) is 6.48. The molecule has 0 radical (unpaired) electrons. The van der Waals surface area contributed by atoms with Crippen LogP contribution in [-0.2, 0) is 18.2 Å². The van der Waals surface area contributed by atoms with Crippen LogP contribution in [0, 0.1) is 6.92 Å². The van der Waals surface area contributed by atoms with Crippen molar-refractivity contribution in [2.45, 2.75) is 32.8 Å². The largest absolute Gasteiger partial charge is 0.374 e. The zero-order valence-electron chi connectivity index (χ0n) is 15.6. The predicted octanol–water partition coefficient (Wildman–Crippen LogP) is 1.15. The van der Waals surface area contributed by atoms with Gasteiger partial charge in [-0.1, -0.05) is 6.92 Å². The molecule has 0 saturated carbocycles. The van der Waals surface area contributed by atoms with Crippen molar-refractivity contribution >= 4 is 11.5 Å². The smallest absolute Gasteiger partial charge is 0.268 e. The van der Waals surface area contributed by atoms with Crippen LogP contribution in [0.15, 0.2) is 23.1 Å². The Kier molecular flexibility index (Phi) is 5.82. The van der Waals surface area contributed by atoms with Crippen LogP contribution in [0.5, 0.6) is 0 Å². The fourth-order valence-corrected chi connectivity index (χ4v) is 3.02. The Hall–Kier alpha value is -2.48. The molecule has 2 aromatic heterocycles. The highest BCUT2D eigenvalue weighted by Gasteiger charge is 2.21. The summed E-state index contributed by atoms with van der Waals surface area (Å²) in [7, 11) is 1.65. The minimum Gasteiger partial charge on any atom is -0.374 e. The van der Waals surface area contributed by atoms with Crippen LogP contribution in [0.1, 0.15) is 24.9 Å². The molecule has 140 valence electrons. The van der Waals surface area contributed by atoms with Gasteiger partial charge < -0.3 is 15.0 Å². The van der Waals surface area contributed by atoms with Crippen LogP contribution in [0.3, 0.4) is 0 Å². The summed E-state index contributed by atoms with van der Waals surface area (Å²) < 4.78 is 7.21. The third-order valence-electron chi connectivity index (χ3n) is 4.48. The highest BCUT2D eigenvalue weighted by atomic mass is 16.5. The molecule has 8 heteroatoms. The molecular weight excluding hydrogens is 332 g/mol. The summed E-state index contributed by atoms with van der Waals surface area (Å²) in [6, 6.07) is 3.62. The van der Waals surface area contributed by atoms with E-state index in [4.69, 9.17) is 4.74 Å². The number of aryl methyl sites for hydroxylation is 3. The van der Waals surface area contributed by atoms with E-state index in [0.29, 0.717) is 6.61 Å². The lowest BCUT2D eigenvalue weighted by Gasteiger charge is -2.34. The van der Waals surface area contributed by atoms with Crippen LogP contribution in [0.2, 0.25) is 0 Å². The molecule has 26 heavy (non-hydrogen) atoms. The molecule has 0 unspecified atom stereocenters. The van der Waals surface area contributed by atoms with Gasteiger partial charge in [-0.25, -0.2) is 14.6 Å². The highest BCUT2D eigenvalue weighted by molar-refractivity contribution is 5.43. The van der Waals surface area contributed by atoms with Gasteiger partial charge in [-0.3, -0.25) is 4.79 Å². The first-order valence-electron chi connectivity index (χ1n) is 9.03. The minimum atomic E-state index is -0.0990. The molecule has 1 N–H and O–H groups in total. The van der Waals surface area contributed by atoms with Crippen molar-refractivity contribution in [3.05, 3.63) is 40.2 Å². The molecule has 0 amide bonds. The van der Waals surface area contributed by atoms with Crippen molar-refractivity contribution in [1.29, 1.82) is 0 Å². The molecule has 1 aliphatic rings. The molecule has 1 saturated heterocycles. The van der Waals surface area contributed by atoms with E-state index in [2.05, 4.69) is 32.2 Å². The SMILES string of the molecule is CCc1cc(NCC[C@@H]2CN(c3cnn(C)c(=O)c3)CCO2)nc(C)n1. The van der Waals surface area contributed by atoms with E-state index in [1.807, 2.05) is 13.0 Å². The Bertz CT molecular complexity index is 807. The molecule has 0 spiro atoms. The first kappa shape index (κ1) is 18.3. The molecule has 0 aromatic carbocycles. The second-order valence-corrected chi connectivity index (χ2v) is 6.48. The predicted molar refractivity (Wildman–Crippen MR) is 101 cm³/mol. The number of aromatic nitrogens is 4. The van der Waals surface area contributed by atoms with Gasteiger partial charge in [0.25, 0.3) is 5.56 Å². The maximum Gasteiger partial charge on any atom is 0.268 e. The van der Waals surface area contributed by atoms with Crippen molar-refractivity contribution < 1.29 is 4.74 Å². The van der Waals surface area contributed by atoms with Crippen molar-refractivity contribution in [3.8, 4) is 0 Å². The van der Waals surface area contributed by atoms with E-state index >= 15 is 0 Å². The van der Waals surface area contributed by atoms with Crippen molar-refractivity contribution in [3.63, 3.8) is 0 Å². The standard InChI is InChI=1S/C18H26N6O2/c1-4-14-9-17(22-13(2)21-14)19-6-5-16-12-24(7-8-26-16)15-10-18(25)23(3)20-11-15/h9-11,16H,4-8,12H2,1-3H3,(H,19,21,22)/t16-/m1/s1. The average molecular weight is 358 g/mol. The Morgan fingerprint density at radius 3 is 2.96 bits per heavy atom. The van der Waals surface area contributed by atoms with Crippen LogP contribution < -0.4 is 15.8 Å². The van der Waals surface area contributed by atoms with Gasteiger partial charge >= 0.3 is 0 Å². The fraction of sp³-hybridized carbons (Fsp3) is 0.556. The van der Waals surface area contributed by atoms with E-state index in [0.717, 1.165) is 55.5 Å². The van der Waals surface area contributed by atoms with Gasteiger partial charge in [0.1, 0.15) is 11.6 Å². The monoisotopic (exact) mass is 358 g/mol. The Balaban J connectivity index is 1.54. The normalized spacial score (nSPS) is 17.3. The molecule has 0 aliphatic carbocycles. The number of morpholine rings is 1. The van der Waals surface area contributed by atoms with Gasteiger partial charge in [0.05, 0.1) is 24.6 Å². The van der Waals surface area contributed by atoms with E-state index < -0.39 is 0 Å². The van der Waals surface area contributed by atoms with Crippen molar-refractivity contribution in [2.24, 2.45) is 7.05 Å². The van der Waals surface area contributed by atoms with Crippen LogP contribution in [0.25, 0.3) is 0 Å². The number of anilines is 2. The van der Waals surface area contributed by atoms with Crippen LogP contribution in [-0.4, -0.2) is 52.1 Å². The van der Waals surface area contributed by atoms with Crippen LogP contribution in [0.4, 0.5) is 11.5 Å². The highest BCUT2D eigenvalue weighted by Crippen LogP contribution is 2.16. The van der Waals surface area contributed by atoms with Gasteiger partial charge in [0.15, 0.2) is 0 Å². The second kappa shape index (κ2) is 8.27. The Labute approximate surface area is 153 Å². The summed E-state index contributed by atoms with van der Waals surface area (Å²) in [6.07, 6.45) is 3.59. The molecule has 8 nitrogen and oxygen atoms in total. The first-order valence-corrected chi connectivity index (χ1v) is 9.03. The lowest BCUT2D eigenvalue weighted by Crippen LogP contribution is -2.43. The zero-order chi connectivity index (χ0) is 18.5. The molecule has 1 aliphatic heterocycles. The zero-order valence-corrected chi connectivity index (χ0v) is 15.6. The number of rotatable bonds is 6. The lowest BCUT2D eigenvalue weighted by atomic mass is 10.2. The number of nitrogens with one attached hydrogen (secondary N) is 1. The maximum absolute atomic E-state index is 11.8. The topological polar surface area (TPSA) is 85.2 Å². The minimum absolute atomic E-state index is 0.0990. The summed E-state index contributed by atoms with van der Waals surface area (Å²) >= 11 is 0. The maximum atomic E-state index is 11.8. The molecule has 1 fully saturated rings. The Morgan fingerprint density at radius 2 is 2.19 bits per heavy atom. The fourth-order valence-electron chi connectivity index (χ4n) is 3.02. The van der Waals surface area contributed by atoms with E-state index in [9.17, 15) is 4.79 Å². The summed E-state index contributed by atoms with van der Waals surface area (Å²) in [6.45, 7) is 6.93. The quantitative estimate of drug-likeness (QED) is 0.829. The van der Waals surface area contributed by atoms with Gasteiger partial charge in [-0.05, 0) is 19.8 Å². The molecule has 0 bridgehead atoms. The van der Waals surface area contributed by atoms with Gasteiger partial charge in [0, 0.05) is 44.5 Å². The Morgan fingerprint density at radius 1 is 1.35 bits per heavy atom. The molecule has 2 aromatic rings. The number of ether oxygens (including phenoxy) is 1. The third kappa shape index (κ3) is 4.57. The van der Waals surface area contributed by atoms with Crippen molar-refractivity contribution in [2.75, 3.05) is 36.5 Å². The molecule has 3 rings (SSSR count). The van der Waals surface area contributed by atoms with Gasteiger partial charge in [-0.2, -0.15) is 5.10 Å². The number of hydrogen-bond acceptors (Lipinski definition) is 7. The molecule has 3 heterocycles. The first-order chi connectivity index (χ1) is 12.5. The van der Waals surface area contributed by atoms with E-state index in [1.165, 1.54) is 4.68 Å². The molecular formula is C18H26N6O2. The third-order valence-corrected chi connectivity index (χ3v) is 4.48. The number of hydrogen-bond donors (Lipinski definition) is 1. The summed E-state index contributed by atoms with van der Waals surface area (Å²) in [4.78, 5) is 22.8.